The maximum atomic E-state index is 12.6. The summed E-state index contributed by atoms with van der Waals surface area (Å²) in [6.07, 6.45) is 1.21. The molecule has 2 atom stereocenters. The molecule has 1 amide bonds. The van der Waals surface area contributed by atoms with Gasteiger partial charge in [0.25, 0.3) is 0 Å². The molecule has 0 spiro atoms. The third-order valence-electron chi connectivity index (χ3n) is 4.44. The number of carbonyl (C=O) groups is 1. The molecule has 5 heteroatoms. The van der Waals surface area contributed by atoms with E-state index in [4.69, 9.17) is 4.74 Å². The summed E-state index contributed by atoms with van der Waals surface area (Å²) < 4.78 is 5.55. The first-order chi connectivity index (χ1) is 11.7. The van der Waals surface area contributed by atoms with Crippen molar-refractivity contribution in [2.45, 2.75) is 31.4 Å². The summed E-state index contributed by atoms with van der Waals surface area (Å²) >= 11 is 1.66. The van der Waals surface area contributed by atoms with Crippen molar-refractivity contribution in [1.82, 2.24) is 4.90 Å². The topological polar surface area (TPSA) is 49.8 Å². The summed E-state index contributed by atoms with van der Waals surface area (Å²) in [5.41, 5.74) is 2.09. The van der Waals surface area contributed by atoms with Gasteiger partial charge in [-0.05, 0) is 34.4 Å². The molecule has 0 saturated carbocycles. The lowest BCUT2D eigenvalue weighted by Gasteiger charge is -2.37. The van der Waals surface area contributed by atoms with Gasteiger partial charge in [0, 0.05) is 19.4 Å². The van der Waals surface area contributed by atoms with Crippen molar-refractivity contribution in [1.29, 1.82) is 0 Å². The van der Waals surface area contributed by atoms with Crippen LogP contribution in [0.25, 0.3) is 0 Å². The van der Waals surface area contributed by atoms with Crippen molar-refractivity contribution < 1.29 is 14.6 Å². The van der Waals surface area contributed by atoms with Gasteiger partial charge in [0.15, 0.2) is 0 Å². The van der Waals surface area contributed by atoms with E-state index in [1.165, 1.54) is 5.56 Å². The van der Waals surface area contributed by atoms with Crippen LogP contribution < -0.4 is 0 Å². The van der Waals surface area contributed by atoms with E-state index in [1.54, 1.807) is 11.3 Å². The molecule has 1 fully saturated rings. The van der Waals surface area contributed by atoms with Crippen molar-refractivity contribution in [3.63, 3.8) is 0 Å². The van der Waals surface area contributed by atoms with E-state index in [9.17, 15) is 9.90 Å². The van der Waals surface area contributed by atoms with Crippen LogP contribution in [0.5, 0.6) is 0 Å². The summed E-state index contributed by atoms with van der Waals surface area (Å²) in [7, 11) is 0. The lowest BCUT2D eigenvalue weighted by atomic mass is 10.00. The fourth-order valence-electron chi connectivity index (χ4n) is 3.08. The molecule has 1 aliphatic heterocycles. The average Bonchev–Trinajstić information content (AvgIpc) is 3.14. The van der Waals surface area contributed by atoms with Gasteiger partial charge in [0.2, 0.25) is 5.91 Å². The maximum absolute atomic E-state index is 12.6. The van der Waals surface area contributed by atoms with Crippen LogP contribution in [-0.2, 0) is 16.0 Å². The Labute approximate surface area is 146 Å². The number of hydrogen-bond acceptors (Lipinski definition) is 4. The zero-order chi connectivity index (χ0) is 16.8. The summed E-state index contributed by atoms with van der Waals surface area (Å²) in [6, 6.07) is 11.6. The van der Waals surface area contributed by atoms with Crippen molar-refractivity contribution in [2.24, 2.45) is 0 Å². The monoisotopic (exact) mass is 345 g/mol. The number of ether oxygens (including phenoxy) is 1. The third-order valence-corrected chi connectivity index (χ3v) is 5.17. The molecule has 1 aliphatic rings. The van der Waals surface area contributed by atoms with Gasteiger partial charge in [-0.1, -0.05) is 30.3 Å². The van der Waals surface area contributed by atoms with Crippen molar-refractivity contribution in [3.8, 4) is 0 Å². The van der Waals surface area contributed by atoms with Crippen molar-refractivity contribution >= 4 is 17.2 Å². The van der Waals surface area contributed by atoms with E-state index in [1.807, 2.05) is 40.6 Å². The molecular formula is C19H23NO3S. The van der Waals surface area contributed by atoms with Crippen LogP contribution in [0.4, 0.5) is 0 Å². The molecule has 0 bridgehead atoms. The first-order valence-electron chi connectivity index (χ1n) is 8.35. The Morgan fingerprint density at radius 3 is 2.92 bits per heavy atom. The number of hydrogen-bond donors (Lipinski definition) is 1. The minimum atomic E-state index is -0.579. The maximum Gasteiger partial charge on any atom is 0.223 e. The fraction of sp³-hybridized carbons (Fsp3) is 0.421. The summed E-state index contributed by atoms with van der Waals surface area (Å²) in [6.45, 7) is 1.67. The molecule has 1 aromatic carbocycles. The van der Waals surface area contributed by atoms with E-state index in [0.29, 0.717) is 32.6 Å². The minimum absolute atomic E-state index is 0.0658. The number of aliphatic hydroxyl groups is 1. The highest BCUT2D eigenvalue weighted by Gasteiger charge is 2.29. The Balaban J connectivity index is 1.59. The minimum Gasteiger partial charge on any atom is -0.388 e. The van der Waals surface area contributed by atoms with Crippen LogP contribution in [0.2, 0.25) is 0 Å². The zero-order valence-electron chi connectivity index (χ0n) is 13.6. The van der Waals surface area contributed by atoms with Gasteiger partial charge < -0.3 is 14.7 Å². The Morgan fingerprint density at radius 2 is 2.17 bits per heavy atom. The number of amides is 1. The van der Waals surface area contributed by atoms with Crippen LogP contribution in [-0.4, -0.2) is 41.7 Å². The van der Waals surface area contributed by atoms with Gasteiger partial charge in [-0.15, -0.1) is 0 Å². The molecule has 1 saturated heterocycles. The number of aryl methyl sites for hydroxylation is 1. The highest BCUT2D eigenvalue weighted by Crippen LogP contribution is 2.23. The van der Waals surface area contributed by atoms with E-state index in [2.05, 4.69) is 11.4 Å². The van der Waals surface area contributed by atoms with Crippen LogP contribution in [0.1, 0.15) is 30.1 Å². The van der Waals surface area contributed by atoms with Gasteiger partial charge in [-0.2, -0.15) is 11.3 Å². The van der Waals surface area contributed by atoms with Crippen LogP contribution in [0.15, 0.2) is 47.2 Å². The predicted octanol–water partition coefficient (Wildman–Crippen LogP) is 3.03. The predicted molar refractivity (Wildman–Crippen MR) is 95.0 cm³/mol. The second-order valence-electron chi connectivity index (χ2n) is 6.11. The third kappa shape index (κ3) is 4.44. The molecule has 1 aromatic heterocycles. The molecule has 2 unspecified atom stereocenters. The Morgan fingerprint density at radius 1 is 1.33 bits per heavy atom. The van der Waals surface area contributed by atoms with Gasteiger partial charge >= 0.3 is 0 Å². The van der Waals surface area contributed by atoms with E-state index in [0.717, 1.165) is 12.0 Å². The lowest BCUT2D eigenvalue weighted by molar-refractivity contribution is -0.141. The number of morpholine rings is 1. The molecule has 2 heterocycles. The molecule has 3 rings (SSSR count). The summed E-state index contributed by atoms with van der Waals surface area (Å²) in [5.74, 6) is 0.148. The lowest BCUT2D eigenvalue weighted by Crippen LogP contribution is -2.49. The standard InChI is InChI=1S/C19H23NO3S/c21-18(16-4-2-1-3-5-16)12-17-13-23-10-9-20(17)19(22)7-6-15-8-11-24-14-15/h1-5,8,11,14,17-18,21H,6-7,9-10,12-13H2. The quantitative estimate of drug-likeness (QED) is 0.875. The second kappa shape index (κ2) is 8.42. The largest absolute Gasteiger partial charge is 0.388 e. The highest BCUT2D eigenvalue weighted by molar-refractivity contribution is 7.07. The van der Waals surface area contributed by atoms with Gasteiger partial charge in [0.05, 0.1) is 25.4 Å². The smallest absolute Gasteiger partial charge is 0.223 e. The van der Waals surface area contributed by atoms with E-state index < -0.39 is 6.10 Å². The molecule has 128 valence electrons. The molecule has 4 nitrogen and oxygen atoms in total. The number of carbonyl (C=O) groups excluding carboxylic acids is 1. The van der Waals surface area contributed by atoms with E-state index in [-0.39, 0.29) is 11.9 Å². The Bertz CT molecular complexity index is 629. The van der Waals surface area contributed by atoms with Crippen LogP contribution in [0, 0.1) is 0 Å². The normalized spacial score (nSPS) is 19.2. The molecule has 24 heavy (non-hydrogen) atoms. The highest BCUT2D eigenvalue weighted by atomic mass is 32.1. The Hall–Kier alpha value is -1.69. The van der Waals surface area contributed by atoms with Crippen molar-refractivity contribution in [3.05, 3.63) is 58.3 Å². The number of benzene rings is 1. The molecule has 1 N–H and O–H groups in total. The molecule has 0 aliphatic carbocycles. The number of nitrogens with zero attached hydrogens (tertiary/aromatic N) is 1. The zero-order valence-corrected chi connectivity index (χ0v) is 14.5. The second-order valence-corrected chi connectivity index (χ2v) is 6.89. The molecule has 0 radical (unpaired) electrons. The SMILES string of the molecule is O=C(CCc1ccsc1)N1CCOCC1CC(O)c1ccccc1. The van der Waals surface area contributed by atoms with Crippen molar-refractivity contribution in [2.75, 3.05) is 19.8 Å². The number of thiophene rings is 1. The first kappa shape index (κ1) is 17.1. The van der Waals surface area contributed by atoms with Crippen LogP contribution >= 0.6 is 11.3 Å². The van der Waals surface area contributed by atoms with Gasteiger partial charge in [-0.3, -0.25) is 4.79 Å². The first-order valence-corrected chi connectivity index (χ1v) is 9.29. The molecule has 2 aromatic rings. The fourth-order valence-corrected chi connectivity index (χ4v) is 3.78. The summed E-state index contributed by atoms with van der Waals surface area (Å²) in [5, 5.41) is 14.6. The summed E-state index contributed by atoms with van der Waals surface area (Å²) in [4.78, 5) is 14.5. The van der Waals surface area contributed by atoms with Gasteiger partial charge in [0.1, 0.15) is 0 Å². The molecular weight excluding hydrogens is 322 g/mol. The number of rotatable bonds is 6. The van der Waals surface area contributed by atoms with Gasteiger partial charge in [-0.25, -0.2) is 0 Å². The van der Waals surface area contributed by atoms with E-state index >= 15 is 0 Å². The average molecular weight is 345 g/mol. The van der Waals surface area contributed by atoms with Crippen LogP contribution in [0.3, 0.4) is 0 Å². The number of aliphatic hydroxyl groups excluding tert-OH is 1. The Kier molecular flexibility index (Phi) is 6.01.